The second-order valence-electron chi connectivity index (χ2n) is 7.61. The summed E-state index contributed by atoms with van der Waals surface area (Å²) in [5.41, 5.74) is 5.65. The zero-order valence-corrected chi connectivity index (χ0v) is 19.2. The van der Waals surface area contributed by atoms with Crippen molar-refractivity contribution in [3.8, 4) is 17.0 Å². The molecule has 0 radical (unpaired) electrons. The molecule has 0 aliphatic carbocycles. The highest BCUT2D eigenvalue weighted by Crippen LogP contribution is 2.44. The number of phenols is 1. The van der Waals surface area contributed by atoms with Crippen LogP contribution in [0.1, 0.15) is 26.5 Å². The quantitative estimate of drug-likeness (QED) is 0.327. The van der Waals surface area contributed by atoms with E-state index in [-0.39, 0.29) is 17.1 Å². The molecule has 0 saturated carbocycles. The fraction of sp³-hybridized carbons (Fsp3) is 0.0769. The molecule has 0 unspecified atom stereocenters. The van der Waals surface area contributed by atoms with Crippen molar-refractivity contribution in [2.45, 2.75) is 18.7 Å². The van der Waals surface area contributed by atoms with Crippen LogP contribution in [0.15, 0.2) is 81.9 Å². The van der Waals surface area contributed by atoms with Crippen LogP contribution >= 0.6 is 23.1 Å². The van der Waals surface area contributed by atoms with E-state index in [1.807, 2.05) is 67.8 Å². The zero-order chi connectivity index (χ0) is 22.2. The molecular weight excluding hydrogens is 436 g/mol. The number of carbonyl (C=O) groups is 1. The zero-order valence-electron chi connectivity index (χ0n) is 17.5. The Morgan fingerprint density at radius 1 is 0.969 bits per heavy atom. The maximum absolute atomic E-state index is 13.8. The SMILES string of the molecule is Cc1ccc(C2=C(C(=O)c3cc(-c4csc(C)n4)ccc3O)Sc3ccccc3N2)cc1. The number of fused-ring (bicyclic) bond motifs is 1. The third kappa shape index (κ3) is 3.83. The van der Waals surface area contributed by atoms with Gasteiger partial charge in [-0.1, -0.05) is 53.7 Å². The Morgan fingerprint density at radius 2 is 1.72 bits per heavy atom. The van der Waals surface area contributed by atoms with Crippen LogP contribution in [-0.4, -0.2) is 15.9 Å². The third-order valence-corrected chi connectivity index (χ3v) is 7.23. The van der Waals surface area contributed by atoms with Crippen molar-refractivity contribution >= 4 is 40.3 Å². The smallest absolute Gasteiger partial charge is 0.205 e. The van der Waals surface area contributed by atoms with E-state index < -0.39 is 0 Å². The lowest BCUT2D eigenvalue weighted by molar-refractivity contribution is 0.104. The lowest BCUT2D eigenvalue weighted by Crippen LogP contribution is -2.13. The van der Waals surface area contributed by atoms with Crippen LogP contribution in [0.2, 0.25) is 0 Å². The van der Waals surface area contributed by atoms with Gasteiger partial charge in [0.05, 0.1) is 32.6 Å². The Balaban J connectivity index is 1.63. The van der Waals surface area contributed by atoms with Gasteiger partial charge in [0.1, 0.15) is 5.75 Å². The van der Waals surface area contributed by atoms with Crippen LogP contribution in [0.5, 0.6) is 5.75 Å². The predicted molar refractivity (Wildman–Crippen MR) is 132 cm³/mol. The molecule has 2 heterocycles. The molecule has 0 spiro atoms. The first kappa shape index (κ1) is 20.5. The number of ketones is 1. The van der Waals surface area contributed by atoms with Crippen LogP contribution in [-0.2, 0) is 0 Å². The van der Waals surface area contributed by atoms with Gasteiger partial charge in [0.25, 0.3) is 0 Å². The molecule has 4 aromatic rings. The van der Waals surface area contributed by atoms with E-state index in [9.17, 15) is 9.90 Å². The largest absolute Gasteiger partial charge is 0.507 e. The van der Waals surface area contributed by atoms with Gasteiger partial charge >= 0.3 is 0 Å². The van der Waals surface area contributed by atoms with E-state index >= 15 is 0 Å². The maximum atomic E-state index is 13.8. The highest BCUT2D eigenvalue weighted by atomic mass is 32.2. The normalized spacial score (nSPS) is 12.9. The highest BCUT2D eigenvalue weighted by molar-refractivity contribution is 8.04. The molecule has 3 aromatic carbocycles. The van der Waals surface area contributed by atoms with Gasteiger partial charge in [0.15, 0.2) is 0 Å². The number of anilines is 1. The molecule has 5 rings (SSSR count). The number of para-hydroxylation sites is 1. The average Bonchev–Trinajstić information content (AvgIpc) is 3.25. The van der Waals surface area contributed by atoms with Gasteiger partial charge in [0.2, 0.25) is 5.78 Å². The van der Waals surface area contributed by atoms with Crippen molar-refractivity contribution < 1.29 is 9.90 Å². The monoisotopic (exact) mass is 456 g/mol. The van der Waals surface area contributed by atoms with E-state index in [2.05, 4.69) is 10.3 Å². The predicted octanol–water partition coefficient (Wildman–Crippen LogP) is 6.90. The summed E-state index contributed by atoms with van der Waals surface area (Å²) in [6.45, 7) is 3.98. The molecule has 0 amide bonds. The fourth-order valence-corrected chi connectivity index (χ4v) is 5.28. The van der Waals surface area contributed by atoms with Crippen LogP contribution in [0.25, 0.3) is 17.0 Å². The first-order valence-electron chi connectivity index (χ1n) is 10.1. The standard InChI is InChI=1S/C26H20N2O2S2/c1-15-7-9-17(10-8-15)24-26(32-23-6-4-3-5-20(23)28-24)25(30)19-13-18(11-12-22(19)29)21-14-31-16(2)27-21/h3-14,28-29H,1-2H3. The van der Waals surface area contributed by atoms with Gasteiger partial charge < -0.3 is 10.4 Å². The number of thioether (sulfide) groups is 1. The molecule has 0 bridgehead atoms. The number of aromatic hydroxyl groups is 1. The Hall–Kier alpha value is -3.35. The van der Waals surface area contributed by atoms with Crippen molar-refractivity contribution in [1.29, 1.82) is 0 Å². The van der Waals surface area contributed by atoms with E-state index in [1.54, 1.807) is 29.5 Å². The number of benzene rings is 3. The van der Waals surface area contributed by atoms with Crippen LogP contribution in [0, 0.1) is 13.8 Å². The number of nitrogens with zero attached hydrogens (tertiary/aromatic N) is 1. The van der Waals surface area contributed by atoms with Crippen molar-refractivity contribution in [1.82, 2.24) is 4.98 Å². The number of aryl methyl sites for hydroxylation is 2. The molecule has 4 nitrogen and oxygen atoms in total. The number of carbonyl (C=O) groups excluding carboxylic acids is 1. The van der Waals surface area contributed by atoms with Gasteiger partial charge in [-0.3, -0.25) is 4.79 Å². The molecule has 0 saturated heterocycles. The summed E-state index contributed by atoms with van der Waals surface area (Å²) < 4.78 is 0. The third-order valence-electron chi connectivity index (χ3n) is 5.29. The summed E-state index contributed by atoms with van der Waals surface area (Å²) in [5.74, 6) is -0.264. The van der Waals surface area contributed by atoms with E-state index in [0.29, 0.717) is 4.91 Å². The van der Waals surface area contributed by atoms with Crippen LogP contribution in [0.3, 0.4) is 0 Å². The summed E-state index contributed by atoms with van der Waals surface area (Å²) in [5, 5.41) is 16.9. The minimum absolute atomic E-state index is 0.0408. The molecule has 1 aliphatic heterocycles. The van der Waals surface area contributed by atoms with Crippen molar-refractivity contribution in [2.24, 2.45) is 0 Å². The minimum atomic E-state index is -0.223. The van der Waals surface area contributed by atoms with Crippen LogP contribution < -0.4 is 5.32 Å². The first-order valence-corrected chi connectivity index (χ1v) is 11.8. The van der Waals surface area contributed by atoms with Crippen LogP contribution in [0.4, 0.5) is 5.69 Å². The second kappa shape index (κ2) is 8.30. The number of allylic oxidation sites excluding steroid dienone is 1. The van der Waals surface area contributed by atoms with Gasteiger partial charge in [-0.15, -0.1) is 11.3 Å². The van der Waals surface area contributed by atoms with E-state index in [1.165, 1.54) is 11.8 Å². The van der Waals surface area contributed by atoms with E-state index in [0.717, 1.165) is 43.7 Å². The molecule has 0 atom stereocenters. The van der Waals surface area contributed by atoms with Crippen molar-refractivity contribution in [2.75, 3.05) is 5.32 Å². The summed E-state index contributed by atoms with van der Waals surface area (Å²) >= 11 is 2.98. The molecule has 1 aromatic heterocycles. The lowest BCUT2D eigenvalue weighted by Gasteiger charge is -2.24. The molecule has 2 N–H and O–H groups in total. The Bertz CT molecular complexity index is 1370. The second-order valence-corrected chi connectivity index (χ2v) is 9.72. The van der Waals surface area contributed by atoms with Gasteiger partial charge in [-0.25, -0.2) is 4.98 Å². The molecule has 158 valence electrons. The summed E-state index contributed by atoms with van der Waals surface area (Å²) in [7, 11) is 0. The number of thiazole rings is 1. The number of rotatable bonds is 4. The maximum Gasteiger partial charge on any atom is 0.205 e. The van der Waals surface area contributed by atoms with Crippen molar-refractivity contribution in [3.05, 3.63) is 98.7 Å². The Kier molecular flexibility index (Phi) is 5.33. The number of hydrogen-bond acceptors (Lipinski definition) is 6. The minimum Gasteiger partial charge on any atom is -0.507 e. The summed E-state index contributed by atoms with van der Waals surface area (Å²) in [4.78, 5) is 19.8. The number of phenolic OH excluding ortho intramolecular Hbond substituents is 1. The molecular formula is C26H20N2O2S2. The molecule has 0 fully saturated rings. The number of hydrogen-bond donors (Lipinski definition) is 2. The van der Waals surface area contributed by atoms with Gasteiger partial charge in [0, 0.05) is 15.8 Å². The Labute approximate surface area is 194 Å². The molecule has 1 aliphatic rings. The van der Waals surface area contributed by atoms with E-state index in [4.69, 9.17) is 0 Å². The molecule has 6 heteroatoms. The summed E-state index contributed by atoms with van der Waals surface area (Å²) in [6, 6.07) is 21.1. The number of Topliss-reactive ketones (excluding diaryl/α,β-unsaturated/α-hetero) is 1. The van der Waals surface area contributed by atoms with Gasteiger partial charge in [-0.2, -0.15) is 0 Å². The highest BCUT2D eigenvalue weighted by Gasteiger charge is 2.27. The average molecular weight is 457 g/mol. The molecule has 32 heavy (non-hydrogen) atoms. The lowest BCUT2D eigenvalue weighted by atomic mass is 10.0. The van der Waals surface area contributed by atoms with Gasteiger partial charge in [-0.05, 0) is 49.7 Å². The topological polar surface area (TPSA) is 62.2 Å². The summed E-state index contributed by atoms with van der Waals surface area (Å²) in [6.07, 6.45) is 0. The Morgan fingerprint density at radius 3 is 2.47 bits per heavy atom. The first-order chi connectivity index (χ1) is 15.5. The van der Waals surface area contributed by atoms with Crippen molar-refractivity contribution in [3.63, 3.8) is 0 Å². The number of nitrogens with one attached hydrogen (secondary N) is 1. The fourth-order valence-electron chi connectivity index (χ4n) is 3.59. The number of aromatic nitrogens is 1.